The van der Waals surface area contributed by atoms with Gasteiger partial charge in [-0.1, -0.05) is 6.07 Å². The molecule has 2 fully saturated rings. The first-order chi connectivity index (χ1) is 15.2. The van der Waals surface area contributed by atoms with E-state index in [0.29, 0.717) is 6.07 Å². The number of benzene rings is 1. The standard InChI is InChI=1S/C22H21F2N3O5/c1-10(14-5-2-11(23)6-16(14)24)25-21(30)15-8-26-9-17-27(12-3-4-13(7-12)32-17)22(31)18(26)20(29)19(15)28/h2,5-6,8,10,12-13,17,29H,3-4,7,9H2,1H3,(H,25,30)/t10-,12?,13+,17-/m1/s1. The molecule has 2 aromatic rings. The Kier molecular flexibility index (Phi) is 4.77. The highest BCUT2D eigenvalue weighted by atomic mass is 19.1. The highest BCUT2D eigenvalue weighted by Gasteiger charge is 2.47. The van der Waals surface area contributed by atoms with Gasteiger partial charge in [-0.2, -0.15) is 0 Å². The lowest BCUT2D eigenvalue weighted by atomic mass is 10.1. The van der Waals surface area contributed by atoms with Gasteiger partial charge < -0.3 is 24.6 Å². The van der Waals surface area contributed by atoms with E-state index in [1.54, 1.807) is 4.90 Å². The maximum atomic E-state index is 14.0. The fourth-order valence-electron chi connectivity index (χ4n) is 4.92. The second-order valence-corrected chi connectivity index (χ2v) is 8.47. The van der Waals surface area contributed by atoms with Gasteiger partial charge >= 0.3 is 0 Å². The third kappa shape index (κ3) is 3.17. The molecule has 1 aliphatic carbocycles. The Labute approximate surface area is 181 Å². The molecule has 0 spiro atoms. The number of hydrogen-bond acceptors (Lipinski definition) is 5. The highest BCUT2D eigenvalue weighted by molar-refractivity contribution is 5.99. The molecule has 8 nitrogen and oxygen atoms in total. The average Bonchev–Trinajstić information content (AvgIpc) is 3.11. The second kappa shape index (κ2) is 7.40. The van der Waals surface area contributed by atoms with E-state index in [1.165, 1.54) is 23.8 Å². The van der Waals surface area contributed by atoms with Crippen molar-refractivity contribution in [2.75, 3.05) is 0 Å². The van der Waals surface area contributed by atoms with Crippen LogP contribution in [0.5, 0.6) is 5.75 Å². The van der Waals surface area contributed by atoms with Crippen molar-refractivity contribution >= 4 is 11.8 Å². The Morgan fingerprint density at radius 2 is 2.06 bits per heavy atom. The fraction of sp³-hybridized carbons (Fsp3) is 0.409. The van der Waals surface area contributed by atoms with Crippen LogP contribution >= 0.6 is 0 Å². The van der Waals surface area contributed by atoms with Crippen molar-refractivity contribution in [3.05, 3.63) is 63.1 Å². The predicted octanol–water partition coefficient (Wildman–Crippen LogP) is 2.06. The molecule has 2 amide bonds. The number of aromatic hydroxyl groups is 1. The number of amides is 2. The number of nitrogens with zero attached hydrogens (tertiary/aromatic N) is 2. The Morgan fingerprint density at radius 3 is 2.81 bits per heavy atom. The number of halogens is 2. The molecule has 1 saturated heterocycles. The first-order valence-corrected chi connectivity index (χ1v) is 10.4. The molecule has 2 N–H and O–H groups in total. The number of pyridine rings is 1. The topological polar surface area (TPSA) is 101 Å². The molecule has 1 saturated carbocycles. The molecule has 2 bridgehead atoms. The van der Waals surface area contributed by atoms with Crippen molar-refractivity contribution in [1.82, 2.24) is 14.8 Å². The number of hydrogen-bond donors (Lipinski definition) is 2. The maximum Gasteiger partial charge on any atom is 0.276 e. The third-order valence-corrected chi connectivity index (χ3v) is 6.48. The summed E-state index contributed by atoms with van der Waals surface area (Å²) < 4.78 is 34.5. The van der Waals surface area contributed by atoms with E-state index >= 15 is 0 Å². The maximum absolute atomic E-state index is 14.0. The van der Waals surface area contributed by atoms with Crippen LogP contribution in [0.1, 0.15) is 58.6 Å². The Balaban J connectivity index is 1.46. The zero-order valence-corrected chi connectivity index (χ0v) is 17.2. The number of aromatic nitrogens is 1. The smallest absolute Gasteiger partial charge is 0.276 e. The summed E-state index contributed by atoms with van der Waals surface area (Å²) in [5.41, 5.74) is -1.51. The van der Waals surface area contributed by atoms with Crippen LogP contribution in [0.25, 0.3) is 0 Å². The minimum absolute atomic E-state index is 0.00364. The van der Waals surface area contributed by atoms with Crippen LogP contribution in [0.3, 0.4) is 0 Å². The molecule has 1 aromatic carbocycles. The van der Waals surface area contributed by atoms with Gasteiger partial charge in [0.1, 0.15) is 17.2 Å². The van der Waals surface area contributed by atoms with Gasteiger partial charge in [0.05, 0.1) is 18.7 Å². The zero-order chi connectivity index (χ0) is 22.7. The molecule has 3 aliphatic rings. The van der Waals surface area contributed by atoms with Crippen molar-refractivity contribution < 1.29 is 28.2 Å². The van der Waals surface area contributed by atoms with Gasteiger partial charge in [0, 0.05) is 23.9 Å². The van der Waals surface area contributed by atoms with Crippen molar-refractivity contribution in [2.24, 2.45) is 0 Å². The summed E-state index contributed by atoms with van der Waals surface area (Å²) in [4.78, 5) is 40.2. The van der Waals surface area contributed by atoms with Crippen LogP contribution in [0.4, 0.5) is 8.78 Å². The molecule has 32 heavy (non-hydrogen) atoms. The number of rotatable bonds is 3. The van der Waals surface area contributed by atoms with Gasteiger partial charge in [-0.15, -0.1) is 0 Å². The minimum atomic E-state index is -0.991. The zero-order valence-electron chi connectivity index (χ0n) is 17.2. The van der Waals surface area contributed by atoms with Gasteiger partial charge in [0.15, 0.2) is 17.7 Å². The largest absolute Gasteiger partial charge is 0.503 e. The minimum Gasteiger partial charge on any atom is -0.503 e. The average molecular weight is 445 g/mol. The highest BCUT2D eigenvalue weighted by Crippen LogP contribution is 2.38. The van der Waals surface area contributed by atoms with Crippen LogP contribution in [0.2, 0.25) is 0 Å². The monoisotopic (exact) mass is 445 g/mol. The van der Waals surface area contributed by atoms with E-state index in [2.05, 4.69) is 5.32 Å². The van der Waals surface area contributed by atoms with Gasteiger partial charge in [0.2, 0.25) is 5.43 Å². The lowest BCUT2D eigenvalue weighted by Crippen LogP contribution is -2.57. The van der Waals surface area contributed by atoms with Gasteiger partial charge in [-0.05, 0) is 32.3 Å². The molecule has 1 unspecified atom stereocenters. The van der Waals surface area contributed by atoms with Crippen LogP contribution in [-0.2, 0) is 11.3 Å². The summed E-state index contributed by atoms with van der Waals surface area (Å²) in [7, 11) is 0. The Hall–Kier alpha value is -3.27. The van der Waals surface area contributed by atoms with Crippen LogP contribution in [0.15, 0.2) is 29.2 Å². The first-order valence-electron chi connectivity index (χ1n) is 10.4. The summed E-state index contributed by atoms with van der Waals surface area (Å²) >= 11 is 0. The summed E-state index contributed by atoms with van der Waals surface area (Å²) in [6.07, 6.45) is 3.12. The molecule has 2 aliphatic heterocycles. The van der Waals surface area contributed by atoms with E-state index in [9.17, 15) is 28.3 Å². The molecule has 4 atom stereocenters. The second-order valence-electron chi connectivity index (χ2n) is 8.47. The van der Waals surface area contributed by atoms with E-state index < -0.39 is 46.9 Å². The molecule has 1 aromatic heterocycles. The quantitative estimate of drug-likeness (QED) is 0.753. The molecule has 3 heterocycles. The van der Waals surface area contributed by atoms with Crippen molar-refractivity contribution in [3.63, 3.8) is 0 Å². The number of carbonyl (C=O) groups is 2. The van der Waals surface area contributed by atoms with E-state index in [0.717, 1.165) is 25.3 Å². The molecule has 5 rings (SSSR count). The molecular formula is C22H21F2N3O5. The summed E-state index contributed by atoms with van der Waals surface area (Å²) in [6, 6.07) is 2.10. The lowest BCUT2D eigenvalue weighted by molar-refractivity contribution is -0.132. The lowest BCUT2D eigenvalue weighted by Gasteiger charge is -2.44. The Bertz CT molecular complexity index is 1200. The van der Waals surface area contributed by atoms with Crippen molar-refractivity contribution in [3.8, 4) is 5.75 Å². The van der Waals surface area contributed by atoms with E-state index in [4.69, 9.17) is 4.74 Å². The van der Waals surface area contributed by atoms with Crippen molar-refractivity contribution in [2.45, 2.75) is 57.1 Å². The normalized spacial score (nSPS) is 24.7. The predicted molar refractivity (Wildman–Crippen MR) is 107 cm³/mol. The molecule has 0 radical (unpaired) electrons. The van der Waals surface area contributed by atoms with Crippen LogP contribution < -0.4 is 10.7 Å². The van der Waals surface area contributed by atoms with Crippen LogP contribution in [-0.4, -0.2) is 44.8 Å². The summed E-state index contributed by atoms with van der Waals surface area (Å²) in [5, 5.41) is 13.0. The number of nitrogens with one attached hydrogen (secondary N) is 1. The number of carbonyl (C=O) groups excluding carboxylic acids is 2. The van der Waals surface area contributed by atoms with Crippen LogP contribution in [0, 0.1) is 11.6 Å². The van der Waals surface area contributed by atoms with E-state index in [-0.39, 0.29) is 35.5 Å². The van der Waals surface area contributed by atoms with Crippen molar-refractivity contribution in [1.29, 1.82) is 0 Å². The fourth-order valence-corrected chi connectivity index (χ4v) is 4.92. The Morgan fingerprint density at radius 1 is 1.28 bits per heavy atom. The summed E-state index contributed by atoms with van der Waals surface area (Å²) in [5.74, 6) is -3.75. The third-order valence-electron chi connectivity index (χ3n) is 6.48. The molecular weight excluding hydrogens is 424 g/mol. The van der Waals surface area contributed by atoms with Gasteiger partial charge in [0.25, 0.3) is 11.8 Å². The molecule has 10 heteroatoms. The first kappa shape index (κ1) is 20.6. The summed E-state index contributed by atoms with van der Waals surface area (Å²) in [6.45, 7) is 1.65. The van der Waals surface area contributed by atoms with Gasteiger partial charge in [-0.25, -0.2) is 8.78 Å². The van der Waals surface area contributed by atoms with Gasteiger partial charge in [-0.3, -0.25) is 14.4 Å². The SMILES string of the molecule is C[C@@H](NC(=O)c1cn2c(c(O)c1=O)C(=O)N1C3CC[C@@H](C3)O[C@@H]1C2)c1ccc(F)cc1F. The van der Waals surface area contributed by atoms with E-state index in [1.807, 2.05) is 0 Å². The molecule has 168 valence electrons. The number of ether oxygens (including phenoxy) is 1. The number of fused-ring (bicyclic) bond motifs is 5.